The molecule has 0 aliphatic heterocycles. The van der Waals surface area contributed by atoms with E-state index in [2.05, 4.69) is 23.9 Å². The minimum absolute atomic E-state index is 0.429. The summed E-state index contributed by atoms with van der Waals surface area (Å²) in [6.07, 6.45) is 42.1. The van der Waals surface area contributed by atoms with Crippen LogP contribution in [0.3, 0.4) is 0 Å². The third-order valence-corrected chi connectivity index (χ3v) is 8.50. The highest BCUT2D eigenvalue weighted by molar-refractivity contribution is 6.62. The first-order valence-corrected chi connectivity index (χ1v) is 19.6. The van der Waals surface area contributed by atoms with Crippen molar-refractivity contribution in [1.29, 1.82) is 0 Å². The molecule has 0 atom stereocenters. The Morgan fingerprint density at radius 1 is 0.419 bits per heavy atom. The SMILES string of the molecule is CCCCCCCCCCCCCCCCCCCNC(=O)Cl.CCCCCCCCCCCCCCCCOC(=O)Cl. The fourth-order valence-corrected chi connectivity index (χ4v) is 5.66. The Hall–Kier alpha value is -0.480. The van der Waals surface area contributed by atoms with Crippen LogP contribution in [-0.2, 0) is 4.74 Å². The molecule has 0 aliphatic rings. The second kappa shape index (κ2) is 41.5. The average Bonchev–Trinajstić information content (AvgIpc) is 2.98. The zero-order valence-corrected chi connectivity index (χ0v) is 30.3. The van der Waals surface area contributed by atoms with E-state index in [9.17, 15) is 9.59 Å². The normalized spacial score (nSPS) is 10.8. The number of hydrogen-bond donors (Lipinski definition) is 1. The quantitative estimate of drug-likeness (QED) is 0.0437. The maximum atomic E-state index is 10.5. The Morgan fingerprint density at radius 3 is 0.930 bits per heavy atom. The van der Waals surface area contributed by atoms with E-state index in [0.717, 1.165) is 25.8 Å². The van der Waals surface area contributed by atoms with Gasteiger partial charge in [0.05, 0.1) is 6.61 Å². The molecule has 6 heteroatoms. The van der Waals surface area contributed by atoms with E-state index >= 15 is 0 Å². The highest BCUT2D eigenvalue weighted by atomic mass is 35.5. The van der Waals surface area contributed by atoms with Gasteiger partial charge in [-0.15, -0.1) is 0 Å². The molecule has 4 nitrogen and oxygen atoms in total. The summed E-state index contributed by atoms with van der Waals surface area (Å²) in [7, 11) is 0. The molecule has 1 amide bonds. The van der Waals surface area contributed by atoms with Gasteiger partial charge in [0.15, 0.2) is 0 Å². The zero-order valence-electron chi connectivity index (χ0n) is 28.8. The van der Waals surface area contributed by atoms with Gasteiger partial charge in [-0.3, -0.25) is 4.79 Å². The Bertz CT molecular complexity index is 548. The van der Waals surface area contributed by atoms with Crippen molar-refractivity contribution in [3.05, 3.63) is 0 Å². The van der Waals surface area contributed by atoms with Gasteiger partial charge in [0.1, 0.15) is 0 Å². The molecule has 0 saturated heterocycles. The lowest BCUT2D eigenvalue weighted by Gasteiger charge is -2.04. The number of carbonyl (C=O) groups is 2. The van der Waals surface area contributed by atoms with Crippen LogP contribution in [-0.4, -0.2) is 23.9 Å². The summed E-state index contributed by atoms with van der Waals surface area (Å²) in [5.41, 5.74) is -0.681. The van der Waals surface area contributed by atoms with Crippen molar-refractivity contribution in [2.75, 3.05) is 13.2 Å². The van der Waals surface area contributed by atoms with Gasteiger partial charge >= 0.3 is 10.8 Å². The summed E-state index contributed by atoms with van der Waals surface area (Å²) in [6, 6.07) is 0. The van der Waals surface area contributed by atoms with Gasteiger partial charge in [-0.05, 0) is 24.4 Å². The Balaban J connectivity index is 0. The maximum Gasteiger partial charge on any atom is 0.403 e. The second-order valence-electron chi connectivity index (χ2n) is 12.5. The third-order valence-electron chi connectivity index (χ3n) is 8.26. The number of nitrogens with one attached hydrogen (secondary N) is 1. The number of ether oxygens (including phenoxy) is 1. The summed E-state index contributed by atoms with van der Waals surface area (Å²) in [4.78, 5) is 20.8. The minimum Gasteiger partial charge on any atom is -0.454 e. The maximum absolute atomic E-state index is 10.5. The highest BCUT2D eigenvalue weighted by Crippen LogP contribution is 2.15. The molecule has 0 saturated carbocycles. The zero-order chi connectivity index (χ0) is 31.9. The first-order valence-electron chi connectivity index (χ1n) is 18.8. The molecular weight excluding hydrogens is 577 g/mol. The van der Waals surface area contributed by atoms with E-state index in [4.69, 9.17) is 23.2 Å². The Labute approximate surface area is 278 Å². The third kappa shape index (κ3) is 48.6. The number of unbranched alkanes of at least 4 members (excludes halogenated alkanes) is 29. The van der Waals surface area contributed by atoms with Crippen LogP contribution in [0.25, 0.3) is 0 Å². The summed E-state index contributed by atoms with van der Waals surface area (Å²) < 4.78 is 4.68. The van der Waals surface area contributed by atoms with Crippen molar-refractivity contribution in [3.8, 4) is 0 Å². The standard InChI is InChI=1S/C20H40ClNO.C17H33ClO2/c1-2-3-4-5-6-7-8-9-10-11-12-13-14-15-16-17-18-19-22-20(21)23;1-2-3-4-5-6-7-8-9-10-11-12-13-14-15-16-20-17(18)19/h2-19H2,1H3,(H,22,23);2-16H2,1H3. The predicted molar refractivity (Wildman–Crippen MR) is 191 cm³/mol. The molecule has 0 spiro atoms. The molecule has 0 aromatic heterocycles. The van der Waals surface area contributed by atoms with Crippen LogP contribution >= 0.6 is 23.2 Å². The van der Waals surface area contributed by atoms with Crippen LogP contribution in [0.15, 0.2) is 0 Å². The van der Waals surface area contributed by atoms with E-state index in [1.165, 1.54) is 180 Å². The van der Waals surface area contributed by atoms with E-state index in [-0.39, 0.29) is 0 Å². The van der Waals surface area contributed by atoms with Crippen LogP contribution in [0.5, 0.6) is 0 Å². The van der Waals surface area contributed by atoms with Crippen LogP contribution in [0, 0.1) is 0 Å². The Morgan fingerprint density at radius 2 is 0.674 bits per heavy atom. The van der Waals surface area contributed by atoms with Crippen molar-refractivity contribution in [3.63, 3.8) is 0 Å². The highest BCUT2D eigenvalue weighted by Gasteiger charge is 1.98. The van der Waals surface area contributed by atoms with Gasteiger partial charge in [-0.25, -0.2) is 4.79 Å². The van der Waals surface area contributed by atoms with Crippen LogP contribution in [0.4, 0.5) is 9.59 Å². The largest absolute Gasteiger partial charge is 0.454 e. The van der Waals surface area contributed by atoms with Crippen molar-refractivity contribution >= 4 is 34.0 Å². The molecule has 0 rings (SSSR count). The van der Waals surface area contributed by atoms with Gasteiger partial charge in [0, 0.05) is 18.1 Å². The fraction of sp³-hybridized carbons (Fsp3) is 0.946. The van der Waals surface area contributed by atoms with Crippen LogP contribution < -0.4 is 5.32 Å². The first kappa shape index (κ1) is 44.6. The summed E-state index contributed by atoms with van der Waals surface area (Å²) in [6.45, 7) is 5.75. The Kier molecular flexibility index (Phi) is 43.1. The number of hydrogen-bond acceptors (Lipinski definition) is 3. The van der Waals surface area contributed by atoms with Crippen molar-refractivity contribution in [1.82, 2.24) is 5.32 Å². The predicted octanol–water partition coefficient (Wildman–Crippen LogP) is 14.4. The van der Waals surface area contributed by atoms with E-state index in [1.807, 2.05) is 0 Å². The van der Waals surface area contributed by atoms with E-state index in [0.29, 0.717) is 6.61 Å². The molecule has 0 fully saturated rings. The van der Waals surface area contributed by atoms with Crippen molar-refractivity contribution < 1.29 is 14.3 Å². The lowest BCUT2D eigenvalue weighted by atomic mass is 10.0. The summed E-state index contributed by atoms with van der Waals surface area (Å²) >= 11 is 10.3. The molecular formula is C37H73Cl2NO3. The first-order chi connectivity index (χ1) is 21.0. The molecule has 0 aromatic rings. The van der Waals surface area contributed by atoms with Crippen molar-refractivity contribution in [2.24, 2.45) is 0 Å². The topological polar surface area (TPSA) is 55.4 Å². The average molecular weight is 651 g/mol. The summed E-state index contributed by atoms with van der Waals surface area (Å²) in [5.74, 6) is 0. The molecule has 1 N–H and O–H groups in total. The minimum atomic E-state index is -0.681. The number of halogens is 2. The lowest BCUT2D eigenvalue weighted by Crippen LogP contribution is -2.17. The summed E-state index contributed by atoms with van der Waals surface area (Å²) in [5, 5.41) is 2.20. The molecule has 0 bridgehead atoms. The smallest absolute Gasteiger partial charge is 0.403 e. The van der Waals surface area contributed by atoms with Gasteiger partial charge in [0.2, 0.25) is 0 Å². The van der Waals surface area contributed by atoms with E-state index < -0.39 is 10.8 Å². The fourth-order valence-electron chi connectivity index (χ4n) is 5.49. The molecule has 0 heterocycles. The molecule has 0 unspecified atom stereocenters. The number of amides is 1. The molecule has 0 radical (unpaired) electrons. The van der Waals surface area contributed by atoms with Gasteiger partial charge in [-0.2, -0.15) is 0 Å². The lowest BCUT2D eigenvalue weighted by molar-refractivity contribution is 0.170. The number of carbonyl (C=O) groups excluding carboxylic acids is 2. The van der Waals surface area contributed by atoms with Crippen LogP contribution in [0.2, 0.25) is 0 Å². The van der Waals surface area contributed by atoms with Gasteiger partial charge < -0.3 is 10.1 Å². The van der Waals surface area contributed by atoms with Crippen molar-refractivity contribution in [2.45, 2.75) is 213 Å². The second-order valence-corrected chi connectivity index (χ2v) is 13.2. The van der Waals surface area contributed by atoms with E-state index in [1.54, 1.807) is 0 Å². The van der Waals surface area contributed by atoms with Crippen LogP contribution in [0.1, 0.15) is 213 Å². The molecule has 0 aliphatic carbocycles. The van der Waals surface area contributed by atoms with Gasteiger partial charge in [0.25, 0.3) is 0 Å². The molecule has 0 aromatic carbocycles. The number of rotatable bonds is 33. The monoisotopic (exact) mass is 649 g/mol. The molecule has 43 heavy (non-hydrogen) atoms. The molecule has 258 valence electrons. The van der Waals surface area contributed by atoms with Gasteiger partial charge in [-0.1, -0.05) is 200 Å².